The van der Waals surface area contributed by atoms with Gasteiger partial charge in [0.1, 0.15) is 0 Å². The van der Waals surface area contributed by atoms with Crippen molar-refractivity contribution in [1.29, 1.82) is 0 Å². The van der Waals surface area contributed by atoms with Crippen LogP contribution in [0.5, 0.6) is 11.5 Å². The van der Waals surface area contributed by atoms with E-state index in [1.807, 2.05) is 30.0 Å². The van der Waals surface area contributed by atoms with Crippen molar-refractivity contribution in [1.82, 2.24) is 9.62 Å². The van der Waals surface area contributed by atoms with Crippen molar-refractivity contribution in [2.45, 2.75) is 45.6 Å². The van der Waals surface area contributed by atoms with Gasteiger partial charge in [-0.3, -0.25) is 4.79 Å². The molecule has 0 atom stereocenters. The summed E-state index contributed by atoms with van der Waals surface area (Å²) in [6, 6.07) is 5.65. The van der Waals surface area contributed by atoms with Crippen molar-refractivity contribution in [3.05, 3.63) is 23.8 Å². The first-order chi connectivity index (χ1) is 12.9. The Kier molecular flexibility index (Phi) is 7.91. The predicted octanol–water partition coefficient (Wildman–Crippen LogP) is 1.96. The van der Waals surface area contributed by atoms with Crippen LogP contribution in [0.1, 0.15) is 38.7 Å². The molecule has 0 unspecified atom stereocenters. The highest BCUT2D eigenvalue weighted by Gasteiger charge is 2.25. The monoisotopic (exact) mass is 398 g/mol. The maximum Gasteiger partial charge on any atom is 0.222 e. The fraction of sp³-hybridized carbons (Fsp3) is 0.632. The quantitative estimate of drug-likeness (QED) is 0.687. The second-order valence-corrected chi connectivity index (χ2v) is 8.64. The van der Waals surface area contributed by atoms with E-state index in [2.05, 4.69) is 4.72 Å². The molecule has 0 aliphatic carbocycles. The van der Waals surface area contributed by atoms with Crippen molar-refractivity contribution in [2.24, 2.45) is 0 Å². The lowest BCUT2D eigenvalue weighted by atomic mass is 10.0. The number of amides is 1. The molecule has 0 bridgehead atoms. The Hall–Kier alpha value is -1.80. The van der Waals surface area contributed by atoms with Crippen LogP contribution < -0.4 is 14.2 Å². The molecule has 27 heavy (non-hydrogen) atoms. The molecule has 1 aliphatic heterocycles. The van der Waals surface area contributed by atoms with Gasteiger partial charge in [-0.15, -0.1) is 0 Å². The Bertz CT molecular complexity index is 728. The second-order valence-electron chi connectivity index (χ2n) is 6.59. The molecule has 1 aromatic rings. The number of rotatable bonds is 9. The molecule has 0 radical (unpaired) electrons. The number of carbonyl (C=O) groups excluding carboxylic acids is 1. The van der Waals surface area contributed by atoms with Gasteiger partial charge < -0.3 is 14.4 Å². The van der Waals surface area contributed by atoms with E-state index in [1.165, 1.54) is 0 Å². The third kappa shape index (κ3) is 6.39. The molecular formula is C19H30N2O5S. The number of sulfonamides is 1. The smallest absolute Gasteiger partial charge is 0.222 e. The maximum atomic E-state index is 12.5. The third-order valence-corrected chi connectivity index (χ3v) is 6.18. The maximum absolute atomic E-state index is 12.5. The van der Waals surface area contributed by atoms with Crippen LogP contribution in [-0.4, -0.2) is 57.8 Å². The molecule has 0 saturated carbocycles. The van der Waals surface area contributed by atoms with Gasteiger partial charge in [0, 0.05) is 25.6 Å². The summed E-state index contributed by atoms with van der Waals surface area (Å²) in [5, 5.41) is 0. The molecular weight excluding hydrogens is 368 g/mol. The standard InChI is InChI=1S/C19H30N2O5S/c1-4-26-17-8-6-15(14-18(17)25-3)7-9-19(22)21-12-10-16(11-13-21)20-27(23,24)5-2/h6,8,14,16,20H,4-5,7,9-13H2,1-3H3. The molecule has 0 spiro atoms. The number of aryl methyl sites for hydroxylation is 1. The number of likely N-dealkylation sites (tertiary alicyclic amines) is 1. The topological polar surface area (TPSA) is 84.9 Å². The highest BCUT2D eigenvalue weighted by Crippen LogP contribution is 2.28. The summed E-state index contributed by atoms with van der Waals surface area (Å²) in [6.45, 7) is 5.28. The van der Waals surface area contributed by atoms with Crippen LogP contribution in [0.2, 0.25) is 0 Å². The van der Waals surface area contributed by atoms with E-state index >= 15 is 0 Å². The fourth-order valence-corrected chi connectivity index (χ4v) is 4.05. The molecule has 1 N–H and O–H groups in total. The first-order valence-electron chi connectivity index (χ1n) is 9.46. The van der Waals surface area contributed by atoms with Crippen LogP contribution >= 0.6 is 0 Å². The molecule has 1 saturated heterocycles. The van der Waals surface area contributed by atoms with Crippen LogP contribution in [0.3, 0.4) is 0 Å². The molecule has 8 heteroatoms. The molecule has 1 amide bonds. The van der Waals surface area contributed by atoms with Gasteiger partial charge in [0.05, 0.1) is 19.5 Å². The zero-order valence-corrected chi connectivity index (χ0v) is 17.2. The van der Waals surface area contributed by atoms with E-state index in [0.717, 1.165) is 5.56 Å². The Morgan fingerprint density at radius 3 is 2.52 bits per heavy atom. The van der Waals surface area contributed by atoms with E-state index in [9.17, 15) is 13.2 Å². The van der Waals surface area contributed by atoms with Crippen LogP contribution in [0.25, 0.3) is 0 Å². The average molecular weight is 399 g/mol. The summed E-state index contributed by atoms with van der Waals surface area (Å²) >= 11 is 0. The van der Waals surface area contributed by atoms with Gasteiger partial charge >= 0.3 is 0 Å². The minimum atomic E-state index is -3.19. The molecule has 7 nitrogen and oxygen atoms in total. The summed E-state index contributed by atoms with van der Waals surface area (Å²) in [7, 11) is -1.59. The second kappa shape index (κ2) is 9.94. The number of hydrogen-bond acceptors (Lipinski definition) is 5. The summed E-state index contributed by atoms with van der Waals surface area (Å²) < 4.78 is 36.8. The predicted molar refractivity (Wildman–Crippen MR) is 105 cm³/mol. The average Bonchev–Trinajstić information content (AvgIpc) is 2.67. The van der Waals surface area contributed by atoms with E-state index in [4.69, 9.17) is 9.47 Å². The van der Waals surface area contributed by atoms with Crippen molar-refractivity contribution in [3.63, 3.8) is 0 Å². The molecule has 1 fully saturated rings. The largest absolute Gasteiger partial charge is 0.493 e. The fourth-order valence-electron chi connectivity index (χ4n) is 3.14. The number of hydrogen-bond donors (Lipinski definition) is 1. The van der Waals surface area contributed by atoms with E-state index in [-0.39, 0.29) is 17.7 Å². The van der Waals surface area contributed by atoms with Crippen molar-refractivity contribution in [2.75, 3.05) is 32.6 Å². The van der Waals surface area contributed by atoms with E-state index in [1.54, 1.807) is 14.0 Å². The Morgan fingerprint density at radius 1 is 1.22 bits per heavy atom. The van der Waals surface area contributed by atoms with Crippen molar-refractivity contribution in [3.8, 4) is 11.5 Å². The Balaban J connectivity index is 1.83. The number of nitrogens with zero attached hydrogens (tertiary/aromatic N) is 1. The van der Waals surface area contributed by atoms with Gasteiger partial charge in [0.2, 0.25) is 15.9 Å². The number of methoxy groups -OCH3 is 1. The normalized spacial score (nSPS) is 15.6. The lowest BCUT2D eigenvalue weighted by molar-refractivity contribution is -0.132. The van der Waals surface area contributed by atoms with Crippen LogP contribution in [0.15, 0.2) is 18.2 Å². The summed E-state index contributed by atoms with van der Waals surface area (Å²) in [6.07, 6.45) is 2.36. The number of carbonyl (C=O) groups is 1. The summed E-state index contributed by atoms with van der Waals surface area (Å²) in [5.74, 6) is 1.55. The van der Waals surface area contributed by atoms with Crippen LogP contribution in [0.4, 0.5) is 0 Å². The zero-order valence-electron chi connectivity index (χ0n) is 16.4. The van der Waals surface area contributed by atoms with Crippen molar-refractivity contribution < 1.29 is 22.7 Å². The molecule has 1 aliphatic rings. The lowest BCUT2D eigenvalue weighted by Crippen LogP contribution is -2.46. The van der Waals surface area contributed by atoms with Gasteiger partial charge in [-0.25, -0.2) is 13.1 Å². The first kappa shape index (κ1) is 21.5. The number of nitrogens with one attached hydrogen (secondary N) is 1. The highest BCUT2D eigenvalue weighted by atomic mass is 32.2. The minimum absolute atomic E-state index is 0.0747. The molecule has 152 valence electrons. The van der Waals surface area contributed by atoms with Gasteiger partial charge in [-0.05, 0) is 50.8 Å². The summed E-state index contributed by atoms with van der Waals surface area (Å²) in [4.78, 5) is 14.3. The minimum Gasteiger partial charge on any atom is -0.493 e. The molecule has 1 aromatic carbocycles. The molecule has 1 heterocycles. The third-order valence-electron chi connectivity index (χ3n) is 4.73. The van der Waals surface area contributed by atoms with Crippen LogP contribution in [0, 0.1) is 0 Å². The number of ether oxygens (including phenoxy) is 2. The van der Waals surface area contributed by atoms with Gasteiger partial charge in [0.15, 0.2) is 11.5 Å². The van der Waals surface area contributed by atoms with E-state index in [0.29, 0.717) is 56.9 Å². The van der Waals surface area contributed by atoms with E-state index < -0.39 is 10.0 Å². The highest BCUT2D eigenvalue weighted by molar-refractivity contribution is 7.89. The first-order valence-corrected chi connectivity index (χ1v) is 11.1. The number of piperidine rings is 1. The summed E-state index contributed by atoms with van der Waals surface area (Å²) in [5.41, 5.74) is 1.02. The van der Waals surface area contributed by atoms with Crippen molar-refractivity contribution >= 4 is 15.9 Å². The molecule has 0 aromatic heterocycles. The Labute approximate surface area is 162 Å². The van der Waals surface area contributed by atoms with Crippen LogP contribution in [-0.2, 0) is 21.2 Å². The molecule has 2 rings (SSSR count). The lowest BCUT2D eigenvalue weighted by Gasteiger charge is -2.32. The SMILES string of the molecule is CCOc1ccc(CCC(=O)N2CCC(NS(=O)(=O)CC)CC2)cc1OC. The van der Waals surface area contributed by atoms with Gasteiger partial charge in [-0.2, -0.15) is 0 Å². The van der Waals surface area contributed by atoms with Gasteiger partial charge in [0.25, 0.3) is 0 Å². The number of benzene rings is 1. The van der Waals surface area contributed by atoms with Gasteiger partial charge in [-0.1, -0.05) is 6.07 Å². The zero-order chi connectivity index (χ0) is 19.9. The Morgan fingerprint density at radius 2 is 1.93 bits per heavy atom.